The normalized spacial score (nSPS) is 11.7. The molecule has 1 heterocycles. The Labute approximate surface area is 144 Å². The molecular weight excluding hydrogens is 322 g/mol. The molecule has 0 saturated carbocycles. The van der Waals surface area contributed by atoms with Crippen LogP contribution in [0.25, 0.3) is 18.3 Å². The molecule has 2 aromatic carbocycles. The van der Waals surface area contributed by atoms with E-state index in [1.165, 1.54) is 4.68 Å². The van der Waals surface area contributed by atoms with Crippen molar-refractivity contribution in [3.05, 3.63) is 80.0 Å². The molecule has 0 fully saturated rings. The quantitative estimate of drug-likeness (QED) is 0.794. The molecule has 24 heavy (non-hydrogen) atoms. The molecule has 122 valence electrons. The minimum absolute atomic E-state index is 0.176. The Morgan fingerprint density at radius 1 is 1.12 bits per heavy atom. The van der Waals surface area contributed by atoms with E-state index >= 15 is 0 Å². The number of halogens is 1. The van der Waals surface area contributed by atoms with E-state index < -0.39 is 0 Å². The Balaban J connectivity index is 2.12. The number of benzene rings is 2. The van der Waals surface area contributed by atoms with Crippen LogP contribution in [0.5, 0.6) is 0 Å². The van der Waals surface area contributed by atoms with Gasteiger partial charge in [0.05, 0.1) is 21.3 Å². The molecule has 5 heteroatoms. The van der Waals surface area contributed by atoms with Crippen molar-refractivity contribution in [2.24, 2.45) is 0 Å². The van der Waals surface area contributed by atoms with Gasteiger partial charge in [-0.15, -0.1) is 0 Å². The topological polar surface area (TPSA) is 41.0 Å². The lowest BCUT2D eigenvalue weighted by atomic mass is 10.1. The molecule has 3 aromatic rings. The average Bonchev–Trinajstić information content (AvgIpc) is 2.84. The Kier molecular flexibility index (Phi) is 4.32. The van der Waals surface area contributed by atoms with Crippen LogP contribution in [-0.2, 0) is 0 Å². The van der Waals surface area contributed by atoms with E-state index in [0.29, 0.717) is 21.3 Å². The van der Waals surface area contributed by atoms with Crippen molar-refractivity contribution in [1.82, 2.24) is 9.78 Å². The summed E-state index contributed by atoms with van der Waals surface area (Å²) < 4.78 is 1.42. The van der Waals surface area contributed by atoms with Crippen LogP contribution < -0.4 is 21.0 Å². The lowest BCUT2D eigenvalue weighted by molar-refractivity contribution is 0.839. The average molecular weight is 340 g/mol. The summed E-state index contributed by atoms with van der Waals surface area (Å²) in [7, 11) is 3.97. The number of hydrogen-bond acceptors (Lipinski definition) is 2. The van der Waals surface area contributed by atoms with Crippen molar-refractivity contribution in [1.29, 1.82) is 0 Å². The zero-order valence-corrected chi connectivity index (χ0v) is 14.3. The third-order valence-electron chi connectivity index (χ3n) is 3.82. The van der Waals surface area contributed by atoms with Crippen LogP contribution in [-0.4, -0.2) is 23.9 Å². The predicted octanol–water partition coefficient (Wildman–Crippen LogP) is 2.12. The number of rotatable bonds is 3. The van der Waals surface area contributed by atoms with Crippen molar-refractivity contribution >= 4 is 29.9 Å². The largest absolute Gasteiger partial charge is 0.378 e. The monoisotopic (exact) mass is 339 g/mol. The van der Waals surface area contributed by atoms with Gasteiger partial charge in [0, 0.05) is 19.8 Å². The number of anilines is 1. The molecule has 0 atom stereocenters. The van der Waals surface area contributed by atoms with Gasteiger partial charge < -0.3 is 4.90 Å². The SMILES string of the molecule is C=c1[nH]n(-c2ccccc2Cl)c(=O)/c1=C/c1ccc(N(C)C)cc1. The van der Waals surface area contributed by atoms with E-state index in [-0.39, 0.29) is 5.56 Å². The van der Waals surface area contributed by atoms with Gasteiger partial charge in [0.1, 0.15) is 0 Å². The molecule has 0 radical (unpaired) electrons. The van der Waals surface area contributed by atoms with Crippen molar-refractivity contribution in [3.63, 3.8) is 0 Å². The van der Waals surface area contributed by atoms with Gasteiger partial charge in [-0.2, -0.15) is 0 Å². The maximum absolute atomic E-state index is 12.7. The molecule has 0 amide bonds. The lowest BCUT2D eigenvalue weighted by Crippen LogP contribution is -2.34. The Hall–Kier alpha value is -2.72. The predicted molar refractivity (Wildman–Crippen MR) is 101 cm³/mol. The number of nitrogens with zero attached hydrogens (tertiary/aromatic N) is 2. The van der Waals surface area contributed by atoms with Crippen molar-refractivity contribution < 1.29 is 0 Å². The second-order valence-electron chi connectivity index (χ2n) is 5.73. The Bertz CT molecular complexity index is 1030. The number of hydrogen-bond donors (Lipinski definition) is 1. The second-order valence-corrected chi connectivity index (χ2v) is 6.13. The summed E-state index contributed by atoms with van der Waals surface area (Å²) in [6, 6.07) is 15.2. The molecule has 0 bridgehead atoms. The minimum atomic E-state index is -0.176. The Morgan fingerprint density at radius 2 is 1.79 bits per heavy atom. The summed E-state index contributed by atoms with van der Waals surface area (Å²) in [6.45, 7) is 3.94. The molecule has 0 aliphatic carbocycles. The van der Waals surface area contributed by atoms with E-state index in [2.05, 4.69) is 11.7 Å². The fourth-order valence-corrected chi connectivity index (χ4v) is 2.70. The van der Waals surface area contributed by atoms with E-state index in [9.17, 15) is 4.79 Å². The van der Waals surface area contributed by atoms with Crippen LogP contribution >= 0.6 is 11.6 Å². The standard InChI is InChI=1S/C19H18ClN3O/c1-13-16(12-14-8-10-15(11-9-14)22(2)3)19(24)23(21-13)18-7-5-4-6-17(18)20/h4-12,21H,1H2,2-3H3/b16-12+. The Morgan fingerprint density at radius 3 is 2.42 bits per heavy atom. The first-order valence-electron chi connectivity index (χ1n) is 7.51. The van der Waals surface area contributed by atoms with Gasteiger partial charge in [-0.3, -0.25) is 9.89 Å². The van der Waals surface area contributed by atoms with Gasteiger partial charge in [0.15, 0.2) is 0 Å². The zero-order valence-electron chi connectivity index (χ0n) is 13.6. The smallest absolute Gasteiger partial charge is 0.279 e. The summed E-state index contributed by atoms with van der Waals surface area (Å²) in [6.07, 6.45) is 1.83. The summed E-state index contributed by atoms with van der Waals surface area (Å²) in [4.78, 5) is 14.7. The van der Waals surface area contributed by atoms with E-state index in [0.717, 1.165) is 11.3 Å². The van der Waals surface area contributed by atoms with E-state index in [1.54, 1.807) is 12.1 Å². The molecule has 0 spiro atoms. The molecule has 3 rings (SSSR count). The van der Waals surface area contributed by atoms with Crippen LogP contribution in [0.15, 0.2) is 53.3 Å². The highest BCUT2D eigenvalue weighted by Gasteiger charge is 2.07. The van der Waals surface area contributed by atoms with E-state index in [4.69, 9.17) is 11.6 Å². The summed E-state index contributed by atoms with van der Waals surface area (Å²) in [5, 5.41) is 4.56. The second kappa shape index (κ2) is 6.42. The molecular formula is C19H18ClN3O. The molecule has 4 nitrogen and oxygen atoms in total. The van der Waals surface area contributed by atoms with Crippen LogP contribution in [0.2, 0.25) is 5.02 Å². The van der Waals surface area contributed by atoms with Crippen LogP contribution in [0.1, 0.15) is 5.56 Å². The number of para-hydroxylation sites is 1. The van der Waals surface area contributed by atoms with Gasteiger partial charge in [-0.05, 0) is 35.9 Å². The number of aromatic amines is 1. The summed E-state index contributed by atoms with van der Waals surface area (Å²) in [5.41, 5.74) is 2.47. The third-order valence-corrected chi connectivity index (χ3v) is 4.14. The first kappa shape index (κ1) is 16.1. The van der Waals surface area contributed by atoms with Crippen LogP contribution in [0.3, 0.4) is 0 Å². The zero-order chi connectivity index (χ0) is 17.3. The summed E-state index contributed by atoms with van der Waals surface area (Å²) >= 11 is 6.18. The van der Waals surface area contributed by atoms with E-state index in [1.807, 2.05) is 61.5 Å². The molecule has 0 aliphatic heterocycles. The number of aromatic nitrogens is 2. The highest BCUT2D eigenvalue weighted by atomic mass is 35.5. The van der Waals surface area contributed by atoms with Gasteiger partial charge in [-0.1, -0.05) is 42.4 Å². The highest BCUT2D eigenvalue weighted by Crippen LogP contribution is 2.16. The summed E-state index contributed by atoms with van der Waals surface area (Å²) in [5.74, 6) is 0. The first-order chi connectivity index (χ1) is 11.5. The van der Waals surface area contributed by atoms with Crippen molar-refractivity contribution in [2.75, 3.05) is 19.0 Å². The van der Waals surface area contributed by atoms with Crippen LogP contribution in [0.4, 0.5) is 5.69 Å². The molecule has 0 saturated heterocycles. The highest BCUT2D eigenvalue weighted by molar-refractivity contribution is 6.32. The molecule has 1 aromatic heterocycles. The molecule has 0 aliphatic rings. The maximum atomic E-state index is 12.7. The number of nitrogens with one attached hydrogen (secondary N) is 1. The van der Waals surface area contributed by atoms with Gasteiger partial charge in [0.2, 0.25) is 0 Å². The fraction of sp³-hybridized carbons (Fsp3) is 0.105. The minimum Gasteiger partial charge on any atom is -0.378 e. The van der Waals surface area contributed by atoms with Crippen LogP contribution in [0, 0.1) is 0 Å². The fourth-order valence-electron chi connectivity index (χ4n) is 2.48. The first-order valence-corrected chi connectivity index (χ1v) is 7.89. The van der Waals surface area contributed by atoms with Crippen molar-refractivity contribution in [2.45, 2.75) is 0 Å². The molecule has 1 N–H and O–H groups in total. The molecule has 0 unspecified atom stereocenters. The third kappa shape index (κ3) is 3.01. The van der Waals surface area contributed by atoms with Crippen molar-refractivity contribution in [3.8, 4) is 5.69 Å². The van der Waals surface area contributed by atoms with Gasteiger partial charge >= 0.3 is 0 Å². The number of H-pyrrole nitrogens is 1. The van der Waals surface area contributed by atoms with Gasteiger partial charge in [-0.25, -0.2) is 4.68 Å². The lowest BCUT2D eigenvalue weighted by Gasteiger charge is -2.11. The maximum Gasteiger partial charge on any atom is 0.279 e. The van der Waals surface area contributed by atoms with Gasteiger partial charge in [0.25, 0.3) is 5.56 Å².